The lowest BCUT2D eigenvalue weighted by atomic mass is 9.58. The average molecular weight is 329 g/mol. The first-order valence-electron chi connectivity index (χ1n) is 8.17. The molecule has 5 nitrogen and oxygen atoms in total. The minimum atomic E-state index is -1.54. The van der Waals surface area contributed by atoms with Crippen molar-refractivity contribution in [3.05, 3.63) is 58.3 Å². The molecule has 0 spiro atoms. The molecule has 2 N–H and O–H groups in total. The molecular weight excluding hydrogens is 310 g/mol. The summed E-state index contributed by atoms with van der Waals surface area (Å²) in [6.45, 7) is 3.39. The van der Waals surface area contributed by atoms with Gasteiger partial charge in [-0.3, -0.25) is 0 Å². The maximum absolute atomic E-state index is 9.94. The van der Waals surface area contributed by atoms with Gasteiger partial charge in [-0.15, -0.1) is 0 Å². The van der Waals surface area contributed by atoms with Gasteiger partial charge >= 0.3 is 0 Å². The Bertz CT molecular complexity index is 872. The maximum Gasteiger partial charge on any atom is 0.191 e. The van der Waals surface area contributed by atoms with E-state index in [4.69, 9.17) is 5.73 Å². The number of hydrogen-bond acceptors (Lipinski definition) is 5. The van der Waals surface area contributed by atoms with Crippen LogP contribution in [0.2, 0.25) is 0 Å². The number of likely N-dealkylation sites (N-methyl/N-ethyl adjacent to an activating group) is 1. The van der Waals surface area contributed by atoms with Crippen LogP contribution < -0.4 is 5.73 Å². The Morgan fingerprint density at radius 1 is 1.16 bits per heavy atom. The van der Waals surface area contributed by atoms with Crippen LogP contribution in [0.4, 0.5) is 0 Å². The van der Waals surface area contributed by atoms with E-state index < -0.39 is 11.3 Å². The summed E-state index contributed by atoms with van der Waals surface area (Å²) < 4.78 is 0. The fourth-order valence-electron chi connectivity index (χ4n) is 3.97. The summed E-state index contributed by atoms with van der Waals surface area (Å²) in [5.41, 5.74) is 7.96. The van der Waals surface area contributed by atoms with Crippen LogP contribution in [0.15, 0.2) is 47.2 Å². The van der Waals surface area contributed by atoms with Crippen molar-refractivity contribution < 1.29 is 0 Å². The molecule has 25 heavy (non-hydrogen) atoms. The van der Waals surface area contributed by atoms with Crippen molar-refractivity contribution in [2.24, 2.45) is 17.1 Å². The van der Waals surface area contributed by atoms with Crippen LogP contribution in [-0.2, 0) is 0 Å². The first-order valence-corrected chi connectivity index (χ1v) is 8.17. The molecular formula is C20H19N5. The summed E-state index contributed by atoms with van der Waals surface area (Å²) in [5, 5.41) is 29.5. The molecule has 5 heteroatoms. The molecule has 3 rings (SSSR count). The average Bonchev–Trinajstić information content (AvgIpc) is 2.62. The minimum Gasteiger partial charge on any atom is -0.399 e. The summed E-state index contributed by atoms with van der Waals surface area (Å²) in [7, 11) is 1.99. The summed E-state index contributed by atoms with van der Waals surface area (Å²) in [6.07, 6.45) is 2.00. The van der Waals surface area contributed by atoms with Gasteiger partial charge in [0.15, 0.2) is 5.41 Å². The van der Waals surface area contributed by atoms with Crippen LogP contribution in [0.1, 0.15) is 17.0 Å². The van der Waals surface area contributed by atoms with Gasteiger partial charge in [-0.2, -0.15) is 15.8 Å². The SMILES string of the molecule is Cc1ccc([C@H]2[C@@H]3CN(C)CC=C3C(C#N)=C(N)C2(C#N)C#N)cc1. The Kier molecular flexibility index (Phi) is 4.09. The van der Waals surface area contributed by atoms with Gasteiger partial charge in [0.05, 0.1) is 23.4 Å². The Morgan fingerprint density at radius 2 is 1.80 bits per heavy atom. The summed E-state index contributed by atoms with van der Waals surface area (Å²) in [5.74, 6) is -0.531. The van der Waals surface area contributed by atoms with Gasteiger partial charge in [0.25, 0.3) is 0 Å². The van der Waals surface area contributed by atoms with Crippen molar-refractivity contribution in [2.75, 3.05) is 20.1 Å². The number of benzene rings is 1. The molecule has 0 saturated carbocycles. The largest absolute Gasteiger partial charge is 0.399 e. The summed E-state index contributed by atoms with van der Waals surface area (Å²) in [4.78, 5) is 2.13. The van der Waals surface area contributed by atoms with E-state index in [1.165, 1.54) is 0 Å². The third kappa shape index (κ3) is 2.40. The number of hydrogen-bond donors (Lipinski definition) is 1. The highest BCUT2D eigenvalue weighted by molar-refractivity contribution is 5.59. The molecule has 1 aliphatic carbocycles. The van der Waals surface area contributed by atoms with Gasteiger partial charge in [-0.25, -0.2) is 0 Å². The predicted octanol–water partition coefficient (Wildman–Crippen LogP) is 2.35. The van der Waals surface area contributed by atoms with Crippen LogP contribution in [0.25, 0.3) is 0 Å². The molecule has 2 atom stereocenters. The zero-order valence-electron chi connectivity index (χ0n) is 14.3. The van der Waals surface area contributed by atoms with Gasteiger partial charge in [-0.1, -0.05) is 35.9 Å². The molecule has 0 bridgehead atoms. The van der Waals surface area contributed by atoms with Crippen molar-refractivity contribution in [3.8, 4) is 18.2 Å². The highest BCUT2D eigenvalue weighted by Gasteiger charge is 2.54. The number of rotatable bonds is 1. The van der Waals surface area contributed by atoms with Crippen molar-refractivity contribution in [1.82, 2.24) is 4.90 Å². The highest BCUT2D eigenvalue weighted by atomic mass is 15.1. The molecule has 0 amide bonds. The van der Waals surface area contributed by atoms with E-state index in [9.17, 15) is 15.8 Å². The number of nitrogens with two attached hydrogens (primary N) is 1. The number of allylic oxidation sites excluding steroid dienone is 2. The first kappa shape index (κ1) is 16.8. The maximum atomic E-state index is 9.94. The van der Waals surface area contributed by atoms with Crippen molar-refractivity contribution in [2.45, 2.75) is 12.8 Å². The second-order valence-electron chi connectivity index (χ2n) is 6.81. The molecule has 1 aromatic carbocycles. The smallest absolute Gasteiger partial charge is 0.191 e. The van der Waals surface area contributed by atoms with E-state index in [0.717, 1.165) is 23.2 Å². The molecule has 0 fully saturated rings. The van der Waals surface area contributed by atoms with Crippen LogP contribution in [-0.4, -0.2) is 25.0 Å². The quantitative estimate of drug-likeness (QED) is 0.852. The van der Waals surface area contributed by atoms with Crippen molar-refractivity contribution in [3.63, 3.8) is 0 Å². The number of aryl methyl sites for hydroxylation is 1. The molecule has 1 aliphatic heterocycles. The van der Waals surface area contributed by atoms with Gasteiger partial charge in [0.2, 0.25) is 0 Å². The Balaban J connectivity index is 2.32. The van der Waals surface area contributed by atoms with Crippen molar-refractivity contribution in [1.29, 1.82) is 15.8 Å². The molecule has 124 valence electrons. The fraction of sp³-hybridized carbons (Fsp3) is 0.350. The lowest BCUT2D eigenvalue weighted by molar-refractivity contribution is 0.237. The summed E-state index contributed by atoms with van der Waals surface area (Å²) >= 11 is 0. The fourth-order valence-corrected chi connectivity index (χ4v) is 3.97. The van der Waals surface area contributed by atoms with Gasteiger partial charge < -0.3 is 10.6 Å². The second kappa shape index (κ2) is 6.10. The molecule has 0 aromatic heterocycles. The van der Waals surface area contributed by atoms with Gasteiger partial charge in [-0.05, 0) is 25.1 Å². The second-order valence-corrected chi connectivity index (χ2v) is 6.81. The van der Waals surface area contributed by atoms with Crippen LogP contribution >= 0.6 is 0 Å². The number of nitrogens with zero attached hydrogens (tertiary/aromatic N) is 4. The monoisotopic (exact) mass is 329 g/mol. The van der Waals surface area contributed by atoms with E-state index in [2.05, 4.69) is 23.1 Å². The molecule has 0 unspecified atom stereocenters. The lowest BCUT2D eigenvalue weighted by Crippen LogP contribution is -2.47. The van der Waals surface area contributed by atoms with Crippen LogP contribution in [0.3, 0.4) is 0 Å². The third-order valence-electron chi connectivity index (χ3n) is 5.28. The number of nitriles is 3. The Labute approximate surface area is 147 Å². The standard InChI is InChI=1S/C20H19N5/c1-13-3-5-14(6-4-13)18-17-10-25(2)8-7-15(17)16(9-21)19(24)20(18,11-22)12-23/h3-7,17-18H,8,10,24H2,1-2H3/t17-,18+/m1/s1. The molecule has 1 heterocycles. The predicted molar refractivity (Wildman–Crippen MR) is 93.5 cm³/mol. The first-order chi connectivity index (χ1) is 12.0. The van der Waals surface area contributed by atoms with E-state index in [1.54, 1.807) is 0 Å². The van der Waals surface area contributed by atoms with Gasteiger partial charge in [0.1, 0.15) is 6.07 Å². The topological polar surface area (TPSA) is 101 Å². The van der Waals surface area contributed by atoms with E-state index in [1.807, 2.05) is 44.3 Å². The van der Waals surface area contributed by atoms with E-state index in [-0.39, 0.29) is 11.6 Å². The molecule has 0 radical (unpaired) electrons. The number of fused-ring (bicyclic) bond motifs is 1. The van der Waals surface area contributed by atoms with E-state index in [0.29, 0.717) is 12.1 Å². The molecule has 1 aromatic rings. The zero-order valence-corrected chi connectivity index (χ0v) is 14.3. The van der Waals surface area contributed by atoms with E-state index >= 15 is 0 Å². The van der Waals surface area contributed by atoms with Crippen molar-refractivity contribution >= 4 is 0 Å². The Hall–Kier alpha value is -3.07. The van der Waals surface area contributed by atoms with Crippen LogP contribution in [0, 0.1) is 52.2 Å². The highest BCUT2D eigenvalue weighted by Crippen LogP contribution is 2.53. The normalized spacial score (nSPS) is 25.2. The molecule has 0 saturated heterocycles. The summed E-state index contributed by atoms with van der Waals surface area (Å²) in [6, 6.07) is 14.3. The zero-order chi connectivity index (χ0) is 18.2. The molecule has 2 aliphatic rings. The van der Waals surface area contributed by atoms with Crippen LogP contribution in [0.5, 0.6) is 0 Å². The Morgan fingerprint density at radius 3 is 2.36 bits per heavy atom. The lowest BCUT2D eigenvalue weighted by Gasteiger charge is -2.45. The van der Waals surface area contributed by atoms with Gasteiger partial charge in [0, 0.05) is 24.9 Å². The minimum absolute atomic E-state index is 0.0811. The third-order valence-corrected chi connectivity index (χ3v) is 5.28.